The van der Waals surface area contributed by atoms with Gasteiger partial charge in [0, 0.05) is 12.6 Å². The van der Waals surface area contributed by atoms with Crippen molar-refractivity contribution in [3.05, 3.63) is 52.3 Å². The van der Waals surface area contributed by atoms with Crippen LogP contribution in [0.2, 0.25) is 5.15 Å². The van der Waals surface area contributed by atoms with Crippen molar-refractivity contribution < 1.29 is 13.2 Å². The number of carbonyl (C=O) groups is 1. The first-order chi connectivity index (χ1) is 12.8. The Bertz CT molecular complexity index is 925. The quantitative estimate of drug-likeness (QED) is 0.735. The summed E-state index contributed by atoms with van der Waals surface area (Å²) in [5.41, 5.74) is 1.96. The van der Waals surface area contributed by atoms with E-state index >= 15 is 0 Å². The van der Waals surface area contributed by atoms with Gasteiger partial charge < -0.3 is 4.90 Å². The van der Waals surface area contributed by atoms with Crippen molar-refractivity contribution in [1.82, 2.24) is 14.7 Å². The molecule has 0 bridgehead atoms. The van der Waals surface area contributed by atoms with Crippen LogP contribution in [0.3, 0.4) is 0 Å². The Balaban J connectivity index is 1.88. The Morgan fingerprint density at radius 2 is 2.04 bits per heavy atom. The molecule has 1 aromatic carbocycles. The summed E-state index contributed by atoms with van der Waals surface area (Å²) in [7, 11) is -3.08. The second-order valence-electron chi connectivity index (χ2n) is 6.95. The van der Waals surface area contributed by atoms with Crippen molar-refractivity contribution in [2.75, 3.05) is 18.1 Å². The third kappa shape index (κ3) is 4.35. The van der Waals surface area contributed by atoms with E-state index in [2.05, 4.69) is 5.10 Å². The highest BCUT2D eigenvalue weighted by Gasteiger charge is 2.36. The lowest BCUT2D eigenvalue weighted by Gasteiger charge is -2.28. The van der Waals surface area contributed by atoms with Gasteiger partial charge in [0.1, 0.15) is 5.15 Å². The Kier molecular flexibility index (Phi) is 5.91. The van der Waals surface area contributed by atoms with Crippen LogP contribution < -0.4 is 0 Å². The number of halogens is 1. The van der Waals surface area contributed by atoms with Gasteiger partial charge >= 0.3 is 0 Å². The summed E-state index contributed by atoms with van der Waals surface area (Å²) >= 11 is 6.52. The number of sulfone groups is 1. The smallest absolute Gasteiger partial charge is 0.259 e. The van der Waals surface area contributed by atoms with Crippen molar-refractivity contribution in [1.29, 1.82) is 0 Å². The van der Waals surface area contributed by atoms with Crippen LogP contribution in [0.5, 0.6) is 0 Å². The normalized spacial score (nSPS) is 18.6. The second kappa shape index (κ2) is 8.02. The Labute approximate surface area is 165 Å². The van der Waals surface area contributed by atoms with Crippen LogP contribution in [0.4, 0.5) is 0 Å². The number of amides is 1. The molecule has 1 atom stereocenters. The number of rotatable bonds is 6. The van der Waals surface area contributed by atoms with Crippen molar-refractivity contribution >= 4 is 27.3 Å². The molecule has 0 saturated carbocycles. The zero-order valence-electron chi connectivity index (χ0n) is 15.6. The first-order valence-corrected chi connectivity index (χ1v) is 11.3. The summed E-state index contributed by atoms with van der Waals surface area (Å²) in [4.78, 5) is 14.9. The van der Waals surface area contributed by atoms with E-state index in [0.717, 1.165) is 12.0 Å². The molecule has 0 aliphatic carbocycles. The van der Waals surface area contributed by atoms with E-state index in [9.17, 15) is 13.2 Å². The number of hydrogen-bond donors (Lipinski definition) is 0. The van der Waals surface area contributed by atoms with E-state index < -0.39 is 9.84 Å². The minimum absolute atomic E-state index is 0.0214. The Morgan fingerprint density at radius 3 is 2.63 bits per heavy atom. The fourth-order valence-electron chi connectivity index (χ4n) is 3.51. The van der Waals surface area contributed by atoms with E-state index in [1.165, 1.54) is 0 Å². The number of benzene rings is 1. The van der Waals surface area contributed by atoms with Gasteiger partial charge in [0.15, 0.2) is 9.84 Å². The molecule has 27 heavy (non-hydrogen) atoms. The van der Waals surface area contributed by atoms with Crippen LogP contribution in [-0.4, -0.2) is 53.1 Å². The fraction of sp³-hybridized carbons (Fsp3) is 0.474. The van der Waals surface area contributed by atoms with E-state index in [0.29, 0.717) is 35.9 Å². The molecule has 0 N–H and O–H groups in total. The van der Waals surface area contributed by atoms with E-state index in [1.54, 1.807) is 16.5 Å². The van der Waals surface area contributed by atoms with Crippen LogP contribution in [-0.2, 0) is 16.4 Å². The molecule has 1 aliphatic heterocycles. The maximum Gasteiger partial charge on any atom is 0.259 e. The molecule has 1 aliphatic rings. The second-order valence-corrected chi connectivity index (χ2v) is 9.54. The van der Waals surface area contributed by atoms with Crippen LogP contribution in [0.15, 0.2) is 30.3 Å². The zero-order chi connectivity index (χ0) is 19.6. The highest BCUT2D eigenvalue weighted by Crippen LogP contribution is 2.26. The van der Waals surface area contributed by atoms with Crippen molar-refractivity contribution in [2.24, 2.45) is 0 Å². The monoisotopic (exact) mass is 409 g/mol. The highest BCUT2D eigenvalue weighted by molar-refractivity contribution is 7.91. The van der Waals surface area contributed by atoms with Gasteiger partial charge in [-0.05, 0) is 25.3 Å². The molecule has 1 unspecified atom stereocenters. The van der Waals surface area contributed by atoms with Gasteiger partial charge in [0.2, 0.25) is 0 Å². The molecule has 8 heteroatoms. The van der Waals surface area contributed by atoms with Crippen molar-refractivity contribution in [3.63, 3.8) is 0 Å². The van der Waals surface area contributed by atoms with Gasteiger partial charge in [-0.25, -0.2) is 13.1 Å². The summed E-state index contributed by atoms with van der Waals surface area (Å²) < 4.78 is 25.4. The van der Waals surface area contributed by atoms with E-state index in [4.69, 9.17) is 11.6 Å². The van der Waals surface area contributed by atoms with Crippen molar-refractivity contribution in [2.45, 2.75) is 39.3 Å². The van der Waals surface area contributed by atoms with E-state index in [-0.39, 0.29) is 23.5 Å². The highest BCUT2D eigenvalue weighted by atomic mass is 35.5. The number of aromatic nitrogens is 2. The molecule has 146 valence electrons. The molecule has 1 saturated heterocycles. The largest absolute Gasteiger partial charge is 0.334 e. The first-order valence-electron chi connectivity index (χ1n) is 9.10. The topological polar surface area (TPSA) is 72.3 Å². The lowest BCUT2D eigenvalue weighted by atomic mass is 10.1. The first kappa shape index (κ1) is 19.9. The molecular formula is C19H24ClN3O3S. The molecule has 1 amide bonds. The summed E-state index contributed by atoms with van der Waals surface area (Å²) in [6, 6.07) is 9.47. The van der Waals surface area contributed by atoms with Crippen LogP contribution in [0, 0.1) is 6.92 Å². The average Bonchev–Trinajstić information content (AvgIpc) is 3.12. The van der Waals surface area contributed by atoms with Gasteiger partial charge in [0.05, 0.1) is 29.3 Å². The number of nitrogens with zero attached hydrogens (tertiary/aromatic N) is 3. The summed E-state index contributed by atoms with van der Waals surface area (Å²) in [5.74, 6) is -0.0839. The summed E-state index contributed by atoms with van der Waals surface area (Å²) in [6.45, 7) is 4.70. The molecule has 0 spiro atoms. The zero-order valence-corrected chi connectivity index (χ0v) is 17.1. The lowest BCUT2D eigenvalue weighted by Crippen LogP contribution is -2.41. The SMILES string of the molecule is CCCN(C(=O)c1c(C)nn(Cc2ccccc2)c1Cl)C1CCS(=O)(=O)C1. The lowest BCUT2D eigenvalue weighted by molar-refractivity contribution is 0.0696. The predicted molar refractivity (Wildman–Crippen MR) is 106 cm³/mol. The van der Waals surface area contributed by atoms with Gasteiger partial charge in [-0.1, -0.05) is 48.9 Å². The molecule has 1 aromatic heterocycles. The maximum absolute atomic E-state index is 13.2. The maximum atomic E-state index is 13.2. The molecule has 3 rings (SSSR count). The fourth-order valence-corrected chi connectivity index (χ4v) is 5.56. The third-order valence-corrected chi connectivity index (χ3v) is 6.96. The predicted octanol–water partition coefficient (Wildman–Crippen LogP) is 2.93. The van der Waals surface area contributed by atoms with Crippen LogP contribution in [0.1, 0.15) is 41.4 Å². The summed E-state index contributed by atoms with van der Waals surface area (Å²) in [6.07, 6.45) is 1.22. The number of aryl methyl sites for hydroxylation is 1. The Hall–Kier alpha value is -1.86. The van der Waals surface area contributed by atoms with Crippen LogP contribution >= 0.6 is 11.6 Å². The number of carbonyl (C=O) groups excluding carboxylic acids is 1. The van der Waals surface area contributed by atoms with E-state index in [1.807, 2.05) is 37.3 Å². The molecule has 2 heterocycles. The van der Waals surface area contributed by atoms with Gasteiger partial charge in [-0.2, -0.15) is 5.10 Å². The van der Waals surface area contributed by atoms with Gasteiger partial charge in [-0.15, -0.1) is 0 Å². The van der Waals surface area contributed by atoms with Crippen molar-refractivity contribution in [3.8, 4) is 0 Å². The Morgan fingerprint density at radius 1 is 1.33 bits per heavy atom. The molecule has 6 nitrogen and oxygen atoms in total. The van der Waals surface area contributed by atoms with Gasteiger partial charge in [0.25, 0.3) is 5.91 Å². The minimum Gasteiger partial charge on any atom is -0.334 e. The molecule has 2 aromatic rings. The number of hydrogen-bond acceptors (Lipinski definition) is 4. The standard InChI is InChI=1S/C19H24ClN3O3S/c1-3-10-22(16-9-11-27(25,26)13-16)19(24)17-14(2)21-23(18(17)20)12-15-7-5-4-6-8-15/h4-8,16H,3,9-13H2,1-2H3. The third-order valence-electron chi connectivity index (χ3n) is 4.83. The molecule has 1 fully saturated rings. The van der Waals surface area contributed by atoms with Crippen LogP contribution in [0.25, 0.3) is 0 Å². The molecule has 0 radical (unpaired) electrons. The minimum atomic E-state index is -3.08. The summed E-state index contributed by atoms with van der Waals surface area (Å²) in [5, 5.41) is 4.74. The molecular weight excluding hydrogens is 386 g/mol. The average molecular weight is 410 g/mol. The van der Waals surface area contributed by atoms with Gasteiger partial charge in [-0.3, -0.25) is 4.79 Å².